The summed E-state index contributed by atoms with van der Waals surface area (Å²) in [7, 11) is 0. The van der Waals surface area contributed by atoms with Crippen LogP contribution in [0.3, 0.4) is 0 Å². The maximum atomic E-state index is 12.9. The number of thiophene rings is 1. The molecule has 31 heavy (non-hydrogen) atoms. The number of anilines is 1. The molecular formula is C24H23N3O2S2. The van der Waals surface area contributed by atoms with Gasteiger partial charge in [-0.1, -0.05) is 60.6 Å². The van der Waals surface area contributed by atoms with Gasteiger partial charge in [-0.05, 0) is 43.5 Å². The van der Waals surface area contributed by atoms with E-state index < -0.39 is 0 Å². The number of hydrogen-bond donors (Lipinski definition) is 2. The quantitative estimate of drug-likeness (QED) is 0.289. The van der Waals surface area contributed by atoms with E-state index in [0.717, 1.165) is 22.4 Å². The number of benzene rings is 2. The predicted molar refractivity (Wildman–Crippen MR) is 130 cm³/mol. The number of thioether (sulfide) groups is 1. The van der Waals surface area contributed by atoms with E-state index in [1.807, 2.05) is 74.7 Å². The van der Waals surface area contributed by atoms with E-state index in [0.29, 0.717) is 21.8 Å². The minimum absolute atomic E-state index is 0.104. The first-order valence-electron chi connectivity index (χ1n) is 10.1. The lowest BCUT2D eigenvalue weighted by Crippen LogP contribution is -2.25. The third kappa shape index (κ3) is 4.73. The molecule has 158 valence electrons. The summed E-state index contributed by atoms with van der Waals surface area (Å²) in [6.07, 6.45) is 0.614. The molecule has 0 aliphatic carbocycles. The molecule has 4 rings (SSSR count). The number of carbonyl (C=O) groups excluding carboxylic acids is 1. The van der Waals surface area contributed by atoms with Crippen LogP contribution in [0.25, 0.3) is 21.3 Å². The normalized spacial score (nSPS) is 12.1. The molecule has 0 aliphatic rings. The summed E-state index contributed by atoms with van der Waals surface area (Å²) in [6.45, 7) is 5.97. The number of aromatic nitrogens is 2. The average Bonchev–Trinajstić information content (AvgIpc) is 3.17. The average molecular weight is 450 g/mol. The fourth-order valence-electron chi connectivity index (χ4n) is 3.33. The van der Waals surface area contributed by atoms with Crippen molar-refractivity contribution in [2.24, 2.45) is 0 Å². The van der Waals surface area contributed by atoms with Crippen LogP contribution < -0.4 is 10.9 Å². The molecule has 0 aliphatic heterocycles. The standard InChI is InChI=1S/C24H23N3O2S2/c1-4-19(21(28)25-17-7-5-6-15(3)12-17)31-24-26-22(29)20-18(13-30-23(20)27-24)16-10-8-14(2)9-11-16/h5-13,19H,4H2,1-3H3,(H,25,28)(H,26,27,29). The van der Waals surface area contributed by atoms with Crippen LogP contribution in [0, 0.1) is 13.8 Å². The molecule has 1 unspecified atom stereocenters. The van der Waals surface area contributed by atoms with Gasteiger partial charge in [0.15, 0.2) is 5.16 Å². The van der Waals surface area contributed by atoms with Crippen LogP contribution >= 0.6 is 23.1 Å². The Morgan fingerprint density at radius 3 is 2.65 bits per heavy atom. The maximum absolute atomic E-state index is 12.9. The van der Waals surface area contributed by atoms with Gasteiger partial charge in [-0.25, -0.2) is 4.98 Å². The third-order valence-corrected chi connectivity index (χ3v) is 7.11. The molecule has 2 N–H and O–H groups in total. The topological polar surface area (TPSA) is 74.8 Å². The number of amides is 1. The highest BCUT2D eigenvalue weighted by atomic mass is 32.2. The van der Waals surface area contributed by atoms with Crippen molar-refractivity contribution in [2.75, 3.05) is 5.32 Å². The Balaban J connectivity index is 1.58. The molecule has 0 bridgehead atoms. The number of hydrogen-bond acceptors (Lipinski definition) is 5. The van der Waals surface area contributed by atoms with Crippen molar-refractivity contribution in [3.63, 3.8) is 0 Å². The van der Waals surface area contributed by atoms with Gasteiger partial charge in [0.05, 0.1) is 10.6 Å². The molecular weight excluding hydrogens is 426 g/mol. The highest BCUT2D eigenvalue weighted by Gasteiger charge is 2.21. The van der Waals surface area contributed by atoms with Gasteiger partial charge in [-0.3, -0.25) is 9.59 Å². The summed E-state index contributed by atoms with van der Waals surface area (Å²) in [5.74, 6) is -0.104. The van der Waals surface area contributed by atoms with Crippen LogP contribution in [-0.4, -0.2) is 21.1 Å². The van der Waals surface area contributed by atoms with Crippen molar-refractivity contribution in [3.05, 3.63) is 75.4 Å². The molecule has 2 aromatic carbocycles. The summed E-state index contributed by atoms with van der Waals surface area (Å²) in [6, 6.07) is 15.8. The largest absolute Gasteiger partial charge is 0.325 e. The fourth-order valence-corrected chi connectivity index (χ4v) is 5.24. The van der Waals surface area contributed by atoms with Crippen molar-refractivity contribution < 1.29 is 4.79 Å². The minimum atomic E-state index is -0.363. The Kier molecular flexibility index (Phi) is 6.25. The second-order valence-electron chi connectivity index (χ2n) is 7.44. The summed E-state index contributed by atoms with van der Waals surface area (Å²) < 4.78 is 0. The summed E-state index contributed by atoms with van der Waals surface area (Å²) in [5, 5.41) is 5.61. The predicted octanol–water partition coefficient (Wildman–Crippen LogP) is 5.78. The van der Waals surface area contributed by atoms with Crippen molar-refractivity contribution in [1.29, 1.82) is 0 Å². The Morgan fingerprint density at radius 1 is 1.16 bits per heavy atom. The van der Waals surface area contributed by atoms with E-state index in [1.54, 1.807) is 0 Å². The molecule has 4 aromatic rings. The number of aromatic amines is 1. The van der Waals surface area contributed by atoms with Crippen molar-refractivity contribution in [3.8, 4) is 11.1 Å². The molecule has 0 saturated carbocycles. The first kappa shape index (κ1) is 21.3. The second kappa shape index (κ2) is 9.08. The van der Waals surface area contributed by atoms with Crippen LogP contribution in [0.4, 0.5) is 5.69 Å². The highest BCUT2D eigenvalue weighted by Crippen LogP contribution is 2.32. The molecule has 0 radical (unpaired) electrons. The van der Waals surface area contributed by atoms with Crippen LogP contribution in [-0.2, 0) is 4.79 Å². The van der Waals surface area contributed by atoms with E-state index in [9.17, 15) is 9.59 Å². The smallest absolute Gasteiger partial charge is 0.260 e. The van der Waals surface area contributed by atoms with Gasteiger partial charge in [0.2, 0.25) is 5.91 Å². The number of H-pyrrole nitrogens is 1. The van der Waals surface area contributed by atoms with E-state index >= 15 is 0 Å². The Hall–Kier alpha value is -2.90. The molecule has 5 nitrogen and oxygen atoms in total. The van der Waals surface area contributed by atoms with Crippen LogP contribution in [0.2, 0.25) is 0 Å². The Morgan fingerprint density at radius 2 is 1.94 bits per heavy atom. The highest BCUT2D eigenvalue weighted by molar-refractivity contribution is 8.00. The fraction of sp³-hybridized carbons (Fsp3) is 0.208. The van der Waals surface area contributed by atoms with Crippen LogP contribution in [0.15, 0.2) is 63.9 Å². The van der Waals surface area contributed by atoms with Gasteiger partial charge in [0.25, 0.3) is 5.56 Å². The van der Waals surface area contributed by atoms with Crippen molar-refractivity contribution in [2.45, 2.75) is 37.6 Å². The zero-order valence-corrected chi connectivity index (χ0v) is 19.2. The van der Waals surface area contributed by atoms with Gasteiger partial charge >= 0.3 is 0 Å². The molecule has 1 atom stereocenters. The zero-order valence-electron chi connectivity index (χ0n) is 17.6. The molecule has 0 spiro atoms. The number of nitrogens with zero attached hydrogens (tertiary/aromatic N) is 1. The van der Waals surface area contributed by atoms with E-state index in [4.69, 9.17) is 0 Å². The Bertz CT molecular complexity index is 1290. The lowest BCUT2D eigenvalue weighted by Gasteiger charge is -2.14. The minimum Gasteiger partial charge on any atom is -0.325 e. The second-order valence-corrected chi connectivity index (χ2v) is 9.49. The zero-order chi connectivity index (χ0) is 22.0. The molecule has 2 aromatic heterocycles. The van der Waals surface area contributed by atoms with Crippen molar-refractivity contribution >= 4 is 44.9 Å². The number of nitrogens with one attached hydrogen (secondary N) is 2. The van der Waals surface area contributed by atoms with Gasteiger partial charge in [0.1, 0.15) is 4.83 Å². The van der Waals surface area contributed by atoms with E-state index in [1.165, 1.54) is 28.7 Å². The molecule has 7 heteroatoms. The molecule has 2 heterocycles. The number of carbonyl (C=O) groups is 1. The molecule has 0 fully saturated rings. The van der Waals surface area contributed by atoms with E-state index in [-0.39, 0.29) is 16.7 Å². The number of aryl methyl sites for hydroxylation is 2. The summed E-state index contributed by atoms with van der Waals surface area (Å²) in [5.41, 5.74) is 4.71. The third-order valence-electron chi connectivity index (χ3n) is 4.99. The summed E-state index contributed by atoms with van der Waals surface area (Å²) >= 11 is 2.73. The van der Waals surface area contributed by atoms with Crippen LogP contribution in [0.5, 0.6) is 0 Å². The lowest BCUT2D eigenvalue weighted by molar-refractivity contribution is -0.115. The monoisotopic (exact) mass is 449 g/mol. The van der Waals surface area contributed by atoms with Crippen LogP contribution in [0.1, 0.15) is 24.5 Å². The van der Waals surface area contributed by atoms with Gasteiger partial charge in [0, 0.05) is 16.6 Å². The first-order chi connectivity index (χ1) is 14.9. The first-order valence-corrected chi connectivity index (χ1v) is 11.8. The number of fused-ring (bicyclic) bond motifs is 1. The lowest BCUT2D eigenvalue weighted by atomic mass is 10.1. The van der Waals surface area contributed by atoms with Gasteiger partial charge < -0.3 is 10.3 Å². The number of rotatable bonds is 6. The molecule has 1 amide bonds. The van der Waals surface area contributed by atoms with Gasteiger partial charge in [-0.15, -0.1) is 11.3 Å². The molecule has 0 saturated heterocycles. The summed E-state index contributed by atoms with van der Waals surface area (Å²) in [4.78, 5) is 33.8. The SMILES string of the molecule is CCC(Sc1nc2scc(-c3ccc(C)cc3)c2c(=O)[nH]1)C(=O)Nc1cccc(C)c1. The Labute approximate surface area is 188 Å². The van der Waals surface area contributed by atoms with E-state index in [2.05, 4.69) is 15.3 Å². The van der Waals surface area contributed by atoms with Gasteiger partial charge in [-0.2, -0.15) is 0 Å². The maximum Gasteiger partial charge on any atom is 0.260 e. The van der Waals surface area contributed by atoms with Crippen molar-refractivity contribution in [1.82, 2.24) is 9.97 Å².